The second-order valence-corrected chi connectivity index (χ2v) is 4.45. The number of esters is 2. The first-order valence-corrected chi connectivity index (χ1v) is 5.79. The van der Waals surface area contributed by atoms with Crippen LogP contribution in [0.5, 0.6) is 0 Å². The normalized spacial score (nSPS) is 38.6. The van der Waals surface area contributed by atoms with Gasteiger partial charge in [-0.2, -0.15) is 0 Å². The highest BCUT2D eigenvalue weighted by Crippen LogP contribution is 2.38. The van der Waals surface area contributed by atoms with E-state index < -0.39 is 29.6 Å². The molecule has 1 heterocycles. The third kappa shape index (κ3) is 1.84. The minimum absolute atomic E-state index is 0.521. The Hall–Kier alpha value is -1.36. The molecule has 0 unspecified atom stereocenters. The van der Waals surface area contributed by atoms with Gasteiger partial charge in [0, 0.05) is 0 Å². The fourth-order valence-corrected chi connectivity index (χ4v) is 2.48. The van der Waals surface area contributed by atoms with Gasteiger partial charge < -0.3 is 14.6 Å². The van der Waals surface area contributed by atoms with Crippen LogP contribution in [0.2, 0.25) is 0 Å². The van der Waals surface area contributed by atoms with Crippen molar-refractivity contribution in [3.05, 3.63) is 12.2 Å². The molecule has 0 bridgehead atoms. The van der Waals surface area contributed by atoms with Crippen LogP contribution in [0, 0.1) is 5.92 Å². The summed E-state index contributed by atoms with van der Waals surface area (Å²) in [5.41, 5.74) is -2.14. The third-order valence-electron chi connectivity index (χ3n) is 3.45. The van der Waals surface area contributed by atoms with Crippen LogP contribution in [-0.2, 0) is 19.1 Å². The lowest BCUT2D eigenvalue weighted by Crippen LogP contribution is -2.50. The van der Waals surface area contributed by atoms with Gasteiger partial charge in [0.25, 0.3) is 5.60 Å². The van der Waals surface area contributed by atoms with Gasteiger partial charge in [-0.25, -0.2) is 9.59 Å². The molecule has 0 amide bonds. The lowest BCUT2D eigenvalue weighted by Gasteiger charge is -2.25. The Morgan fingerprint density at radius 1 is 1.59 bits per heavy atom. The summed E-state index contributed by atoms with van der Waals surface area (Å²) >= 11 is 0. The molecule has 1 aliphatic carbocycles. The van der Waals surface area contributed by atoms with E-state index in [1.54, 1.807) is 6.08 Å². The zero-order valence-electron chi connectivity index (χ0n) is 9.72. The van der Waals surface area contributed by atoms with Crippen LogP contribution in [0.3, 0.4) is 0 Å². The van der Waals surface area contributed by atoms with E-state index in [1.165, 1.54) is 0 Å². The standard InChI is InChI=1S/C12H16O5/c1-16-10(13)12(15)8-6-4-2-3-5-7-9(8)17-11(12)14/h5,7-9,15H,2-4,6H2,1H3/b7-5-/t8-,9-,12+/m1/s1. The maximum atomic E-state index is 11.7. The van der Waals surface area contributed by atoms with Crippen LogP contribution in [-0.4, -0.2) is 35.9 Å². The number of rotatable bonds is 1. The zero-order chi connectivity index (χ0) is 12.5. The molecule has 0 saturated carbocycles. The number of methoxy groups -OCH3 is 1. The van der Waals surface area contributed by atoms with E-state index in [1.807, 2.05) is 6.08 Å². The molecule has 0 aromatic heterocycles. The van der Waals surface area contributed by atoms with Crippen molar-refractivity contribution in [3.63, 3.8) is 0 Å². The Labute approximate surface area is 99.4 Å². The van der Waals surface area contributed by atoms with E-state index >= 15 is 0 Å². The number of hydrogen-bond acceptors (Lipinski definition) is 5. The molecule has 0 aromatic rings. The number of allylic oxidation sites excluding steroid dienone is 1. The van der Waals surface area contributed by atoms with Crippen molar-refractivity contribution in [1.29, 1.82) is 0 Å². The predicted octanol–water partition coefficient (Wildman–Crippen LogP) is 0.562. The van der Waals surface area contributed by atoms with Crippen molar-refractivity contribution in [3.8, 4) is 0 Å². The van der Waals surface area contributed by atoms with Crippen LogP contribution in [0.1, 0.15) is 25.7 Å². The smallest absolute Gasteiger partial charge is 0.351 e. The molecular formula is C12H16O5. The molecule has 5 heteroatoms. The third-order valence-corrected chi connectivity index (χ3v) is 3.45. The van der Waals surface area contributed by atoms with Gasteiger partial charge in [-0.15, -0.1) is 0 Å². The highest BCUT2D eigenvalue weighted by molar-refractivity contribution is 6.05. The molecule has 94 valence electrons. The highest BCUT2D eigenvalue weighted by atomic mass is 16.6. The molecule has 1 fully saturated rings. The predicted molar refractivity (Wildman–Crippen MR) is 57.9 cm³/mol. The monoisotopic (exact) mass is 240 g/mol. The minimum atomic E-state index is -2.14. The van der Waals surface area contributed by atoms with E-state index in [2.05, 4.69) is 4.74 Å². The molecular weight excluding hydrogens is 224 g/mol. The number of fused-ring (bicyclic) bond motifs is 1. The topological polar surface area (TPSA) is 72.8 Å². The molecule has 3 atom stereocenters. The Morgan fingerprint density at radius 2 is 2.35 bits per heavy atom. The first-order valence-electron chi connectivity index (χ1n) is 5.79. The number of ether oxygens (including phenoxy) is 2. The summed E-state index contributed by atoms with van der Waals surface area (Å²) in [7, 11) is 1.15. The van der Waals surface area contributed by atoms with Crippen LogP contribution < -0.4 is 0 Å². The van der Waals surface area contributed by atoms with Crippen molar-refractivity contribution >= 4 is 11.9 Å². The van der Waals surface area contributed by atoms with Gasteiger partial charge in [0.15, 0.2) is 0 Å². The molecule has 1 N–H and O–H groups in total. The summed E-state index contributed by atoms with van der Waals surface area (Å²) < 4.78 is 9.58. The summed E-state index contributed by atoms with van der Waals surface area (Å²) in [6, 6.07) is 0. The SMILES string of the molecule is COC(=O)[C@]1(O)C(=O)O[C@@H]2/C=C\CCCC[C@H]21. The molecule has 2 rings (SSSR count). The van der Waals surface area contributed by atoms with Crippen LogP contribution in [0.15, 0.2) is 12.2 Å². The van der Waals surface area contributed by atoms with Crippen molar-refractivity contribution in [1.82, 2.24) is 0 Å². The van der Waals surface area contributed by atoms with Gasteiger partial charge in [0.1, 0.15) is 6.10 Å². The average Bonchev–Trinajstić information content (AvgIpc) is 2.52. The second-order valence-electron chi connectivity index (χ2n) is 4.45. The summed E-state index contributed by atoms with van der Waals surface area (Å²) in [5.74, 6) is -2.37. The second kappa shape index (κ2) is 4.49. The Morgan fingerprint density at radius 3 is 3.06 bits per heavy atom. The number of carbonyl (C=O) groups excluding carboxylic acids is 2. The fourth-order valence-electron chi connectivity index (χ4n) is 2.48. The van der Waals surface area contributed by atoms with Gasteiger partial charge in [-0.05, 0) is 25.3 Å². The lowest BCUT2D eigenvalue weighted by atomic mass is 9.81. The van der Waals surface area contributed by atoms with E-state index in [9.17, 15) is 14.7 Å². The lowest BCUT2D eigenvalue weighted by molar-refractivity contribution is -0.175. The van der Waals surface area contributed by atoms with Crippen molar-refractivity contribution in [2.45, 2.75) is 37.4 Å². The van der Waals surface area contributed by atoms with E-state index in [0.29, 0.717) is 6.42 Å². The summed E-state index contributed by atoms with van der Waals surface area (Å²) in [6.45, 7) is 0. The average molecular weight is 240 g/mol. The summed E-state index contributed by atoms with van der Waals surface area (Å²) in [5, 5.41) is 10.3. The van der Waals surface area contributed by atoms with Gasteiger partial charge in [0.05, 0.1) is 13.0 Å². The maximum Gasteiger partial charge on any atom is 0.351 e. The van der Waals surface area contributed by atoms with Gasteiger partial charge in [-0.3, -0.25) is 0 Å². The first kappa shape index (κ1) is 12.1. The molecule has 1 aliphatic heterocycles. The molecule has 1 saturated heterocycles. The molecule has 0 spiro atoms. The molecule has 0 aromatic carbocycles. The molecule has 0 radical (unpaired) electrons. The molecule has 5 nitrogen and oxygen atoms in total. The van der Waals surface area contributed by atoms with Gasteiger partial charge in [-0.1, -0.05) is 12.5 Å². The van der Waals surface area contributed by atoms with Crippen LogP contribution in [0.25, 0.3) is 0 Å². The largest absolute Gasteiger partial charge is 0.466 e. The van der Waals surface area contributed by atoms with Gasteiger partial charge in [0.2, 0.25) is 0 Å². The highest BCUT2D eigenvalue weighted by Gasteiger charge is 2.61. The zero-order valence-corrected chi connectivity index (χ0v) is 9.72. The maximum absolute atomic E-state index is 11.7. The van der Waals surface area contributed by atoms with E-state index in [4.69, 9.17) is 4.74 Å². The Kier molecular flexibility index (Phi) is 3.19. The summed E-state index contributed by atoms with van der Waals surface area (Å²) in [4.78, 5) is 23.3. The molecule has 17 heavy (non-hydrogen) atoms. The summed E-state index contributed by atoms with van der Waals surface area (Å²) in [6.07, 6.45) is 6.48. The minimum Gasteiger partial charge on any atom is -0.466 e. The quantitative estimate of drug-likeness (QED) is 0.412. The van der Waals surface area contributed by atoms with Crippen molar-refractivity contribution in [2.24, 2.45) is 5.92 Å². The Bertz CT molecular complexity index is 362. The fraction of sp³-hybridized carbons (Fsp3) is 0.667. The van der Waals surface area contributed by atoms with Crippen molar-refractivity contribution < 1.29 is 24.2 Å². The van der Waals surface area contributed by atoms with Crippen molar-refractivity contribution in [2.75, 3.05) is 7.11 Å². The van der Waals surface area contributed by atoms with Crippen LogP contribution in [0.4, 0.5) is 0 Å². The molecule has 2 aliphatic rings. The van der Waals surface area contributed by atoms with E-state index in [0.717, 1.165) is 26.4 Å². The Balaban J connectivity index is 2.33. The first-order chi connectivity index (χ1) is 8.10. The number of hydrogen-bond donors (Lipinski definition) is 1. The van der Waals surface area contributed by atoms with E-state index in [-0.39, 0.29) is 0 Å². The van der Waals surface area contributed by atoms with Crippen LogP contribution >= 0.6 is 0 Å². The number of aliphatic hydroxyl groups is 1. The number of carbonyl (C=O) groups is 2. The van der Waals surface area contributed by atoms with Gasteiger partial charge >= 0.3 is 11.9 Å².